The molecule has 0 N–H and O–H groups in total. The molecular formula is C10H15NO3. The number of ether oxygens (including phenoxy) is 2. The Bertz CT molecular complexity index is 235. The van der Waals surface area contributed by atoms with Crippen molar-refractivity contribution in [1.82, 2.24) is 4.90 Å². The molecule has 0 atom stereocenters. The molecule has 1 heterocycles. The van der Waals surface area contributed by atoms with Crippen LogP contribution in [0.5, 0.6) is 0 Å². The summed E-state index contributed by atoms with van der Waals surface area (Å²) in [7, 11) is 1.33. The number of hydrogen-bond acceptors (Lipinski definition) is 4. The van der Waals surface area contributed by atoms with Gasteiger partial charge in [-0.3, -0.25) is 4.90 Å². The fourth-order valence-corrected chi connectivity index (χ4v) is 1.22. The lowest BCUT2D eigenvalue weighted by atomic mass is 10.3. The smallest absolute Gasteiger partial charge is 0.384 e. The van der Waals surface area contributed by atoms with Crippen LogP contribution in [-0.2, 0) is 14.3 Å². The van der Waals surface area contributed by atoms with Gasteiger partial charge >= 0.3 is 5.97 Å². The van der Waals surface area contributed by atoms with E-state index in [0.717, 1.165) is 32.8 Å². The molecule has 1 rings (SSSR count). The third-order valence-electron chi connectivity index (χ3n) is 2.03. The van der Waals surface area contributed by atoms with E-state index in [1.165, 1.54) is 7.11 Å². The summed E-state index contributed by atoms with van der Waals surface area (Å²) in [5.41, 5.74) is 0. The van der Waals surface area contributed by atoms with E-state index in [0.29, 0.717) is 6.42 Å². The summed E-state index contributed by atoms with van der Waals surface area (Å²) in [4.78, 5) is 12.9. The number of morpholine rings is 1. The first-order valence-electron chi connectivity index (χ1n) is 4.70. The average Bonchev–Trinajstić information content (AvgIpc) is 2.25. The van der Waals surface area contributed by atoms with E-state index in [-0.39, 0.29) is 0 Å². The molecule has 0 aromatic heterocycles. The minimum Gasteiger partial charge on any atom is -0.459 e. The van der Waals surface area contributed by atoms with E-state index >= 15 is 0 Å². The zero-order valence-corrected chi connectivity index (χ0v) is 8.41. The summed E-state index contributed by atoms with van der Waals surface area (Å²) in [5.74, 6) is 4.71. The van der Waals surface area contributed by atoms with Crippen molar-refractivity contribution in [2.75, 3.05) is 40.0 Å². The molecule has 0 aromatic carbocycles. The molecule has 1 aliphatic rings. The van der Waals surface area contributed by atoms with Crippen LogP contribution in [-0.4, -0.2) is 50.8 Å². The number of hydrogen-bond donors (Lipinski definition) is 0. The van der Waals surface area contributed by atoms with Crippen LogP contribution in [0.1, 0.15) is 6.42 Å². The Labute approximate surface area is 84.2 Å². The number of carbonyl (C=O) groups is 1. The quantitative estimate of drug-likeness (QED) is 0.351. The monoisotopic (exact) mass is 197 g/mol. The highest BCUT2D eigenvalue weighted by Gasteiger charge is 2.08. The van der Waals surface area contributed by atoms with Gasteiger partial charge in [0.2, 0.25) is 0 Å². The lowest BCUT2D eigenvalue weighted by Gasteiger charge is -2.25. The van der Waals surface area contributed by atoms with Crippen molar-refractivity contribution in [2.24, 2.45) is 0 Å². The fourth-order valence-electron chi connectivity index (χ4n) is 1.22. The molecule has 0 amide bonds. The van der Waals surface area contributed by atoms with E-state index < -0.39 is 5.97 Å². The molecule has 0 spiro atoms. The third-order valence-corrected chi connectivity index (χ3v) is 2.03. The lowest BCUT2D eigenvalue weighted by Crippen LogP contribution is -2.36. The Morgan fingerprint density at radius 1 is 1.50 bits per heavy atom. The molecular weight excluding hydrogens is 182 g/mol. The predicted octanol–water partition coefficient (Wildman–Crippen LogP) is -0.115. The van der Waals surface area contributed by atoms with E-state index in [2.05, 4.69) is 21.5 Å². The van der Waals surface area contributed by atoms with Crippen molar-refractivity contribution in [2.45, 2.75) is 6.42 Å². The van der Waals surface area contributed by atoms with Gasteiger partial charge in [0.05, 0.1) is 20.3 Å². The van der Waals surface area contributed by atoms with Gasteiger partial charge in [0.25, 0.3) is 0 Å². The summed E-state index contributed by atoms with van der Waals surface area (Å²) in [5, 5.41) is 0. The number of methoxy groups -OCH3 is 1. The lowest BCUT2D eigenvalue weighted by molar-refractivity contribution is -0.133. The van der Waals surface area contributed by atoms with Crippen LogP contribution in [0, 0.1) is 11.8 Å². The maximum Gasteiger partial charge on any atom is 0.384 e. The van der Waals surface area contributed by atoms with Crippen LogP contribution >= 0.6 is 0 Å². The SMILES string of the molecule is COC(=O)C#CCCN1CCOCC1. The predicted molar refractivity (Wildman–Crippen MR) is 51.7 cm³/mol. The third kappa shape index (κ3) is 4.26. The summed E-state index contributed by atoms with van der Waals surface area (Å²) < 4.78 is 9.61. The topological polar surface area (TPSA) is 38.8 Å². The Morgan fingerprint density at radius 3 is 2.86 bits per heavy atom. The summed E-state index contributed by atoms with van der Waals surface area (Å²) in [6.07, 6.45) is 0.703. The average molecular weight is 197 g/mol. The first-order chi connectivity index (χ1) is 6.83. The first kappa shape index (κ1) is 11.0. The van der Waals surface area contributed by atoms with Crippen molar-refractivity contribution in [3.05, 3.63) is 0 Å². The van der Waals surface area contributed by atoms with Gasteiger partial charge in [-0.1, -0.05) is 5.92 Å². The Morgan fingerprint density at radius 2 is 2.21 bits per heavy atom. The van der Waals surface area contributed by atoms with Gasteiger partial charge in [0.15, 0.2) is 0 Å². The summed E-state index contributed by atoms with van der Waals surface area (Å²) in [6.45, 7) is 4.40. The molecule has 0 unspecified atom stereocenters. The second kappa shape index (κ2) is 6.41. The molecule has 0 aromatic rings. The molecule has 0 saturated carbocycles. The van der Waals surface area contributed by atoms with Crippen molar-refractivity contribution >= 4 is 5.97 Å². The van der Waals surface area contributed by atoms with Crippen molar-refractivity contribution in [3.8, 4) is 11.8 Å². The van der Waals surface area contributed by atoms with E-state index in [1.807, 2.05) is 0 Å². The van der Waals surface area contributed by atoms with Gasteiger partial charge in [-0.2, -0.15) is 0 Å². The first-order valence-corrected chi connectivity index (χ1v) is 4.70. The number of nitrogens with zero attached hydrogens (tertiary/aromatic N) is 1. The second-order valence-electron chi connectivity index (χ2n) is 3.00. The van der Waals surface area contributed by atoms with Gasteiger partial charge < -0.3 is 9.47 Å². The standard InChI is InChI=1S/C10H15NO3/c1-13-10(12)4-2-3-5-11-6-8-14-9-7-11/h3,5-9H2,1H3. The van der Waals surface area contributed by atoms with Crippen LogP contribution in [0.3, 0.4) is 0 Å². The number of rotatable bonds is 2. The summed E-state index contributed by atoms with van der Waals surface area (Å²) >= 11 is 0. The van der Waals surface area contributed by atoms with Gasteiger partial charge in [0.1, 0.15) is 0 Å². The molecule has 14 heavy (non-hydrogen) atoms. The minimum atomic E-state index is -0.466. The van der Waals surface area contributed by atoms with E-state index in [1.54, 1.807) is 0 Å². The van der Waals surface area contributed by atoms with Gasteiger partial charge in [-0.25, -0.2) is 4.79 Å². The Hall–Kier alpha value is -1.05. The zero-order chi connectivity index (χ0) is 10.2. The van der Waals surface area contributed by atoms with Crippen LogP contribution in [0.25, 0.3) is 0 Å². The highest BCUT2D eigenvalue weighted by molar-refractivity contribution is 5.88. The van der Waals surface area contributed by atoms with Crippen LogP contribution in [0.4, 0.5) is 0 Å². The maximum absolute atomic E-state index is 10.6. The maximum atomic E-state index is 10.6. The molecule has 4 heteroatoms. The molecule has 1 aliphatic heterocycles. The number of esters is 1. The number of carbonyl (C=O) groups excluding carboxylic acids is 1. The normalized spacial score (nSPS) is 16.9. The largest absolute Gasteiger partial charge is 0.459 e. The van der Waals surface area contributed by atoms with Crippen LogP contribution in [0.15, 0.2) is 0 Å². The van der Waals surface area contributed by atoms with Crippen molar-refractivity contribution in [1.29, 1.82) is 0 Å². The molecule has 0 radical (unpaired) electrons. The van der Waals surface area contributed by atoms with E-state index in [4.69, 9.17) is 4.74 Å². The zero-order valence-electron chi connectivity index (χ0n) is 8.41. The molecule has 1 saturated heterocycles. The van der Waals surface area contributed by atoms with Crippen molar-refractivity contribution < 1.29 is 14.3 Å². The van der Waals surface area contributed by atoms with Gasteiger partial charge in [-0.15, -0.1) is 0 Å². The molecule has 1 fully saturated rings. The molecule has 4 nitrogen and oxygen atoms in total. The highest BCUT2D eigenvalue weighted by Crippen LogP contribution is 1.96. The van der Waals surface area contributed by atoms with Crippen molar-refractivity contribution in [3.63, 3.8) is 0 Å². The molecule has 0 bridgehead atoms. The molecule has 0 aliphatic carbocycles. The van der Waals surface area contributed by atoms with Crippen LogP contribution in [0.2, 0.25) is 0 Å². The minimum absolute atomic E-state index is 0.466. The molecule has 78 valence electrons. The summed E-state index contributed by atoms with van der Waals surface area (Å²) in [6, 6.07) is 0. The van der Waals surface area contributed by atoms with Crippen LogP contribution < -0.4 is 0 Å². The highest BCUT2D eigenvalue weighted by atomic mass is 16.5. The van der Waals surface area contributed by atoms with Gasteiger partial charge in [0, 0.05) is 32.0 Å². The second-order valence-corrected chi connectivity index (χ2v) is 3.00. The van der Waals surface area contributed by atoms with Gasteiger partial charge in [-0.05, 0) is 0 Å². The van der Waals surface area contributed by atoms with E-state index in [9.17, 15) is 4.79 Å². The fraction of sp³-hybridized carbons (Fsp3) is 0.700. The Kier molecular flexibility index (Phi) is 5.05. The Balaban J connectivity index is 2.12.